The Balaban J connectivity index is 2.13. The van der Waals surface area contributed by atoms with E-state index < -0.39 is 0 Å². The van der Waals surface area contributed by atoms with E-state index in [1.165, 1.54) is 11.1 Å². The van der Waals surface area contributed by atoms with Crippen molar-refractivity contribution in [2.45, 2.75) is 19.3 Å². The Morgan fingerprint density at radius 1 is 0.800 bits per heavy atom. The molecule has 0 N–H and O–H groups in total. The van der Waals surface area contributed by atoms with E-state index in [0.717, 1.165) is 5.75 Å². The van der Waals surface area contributed by atoms with E-state index >= 15 is 0 Å². The highest BCUT2D eigenvalue weighted by atomic mass is 16.5. The van der Waals surface area contributed by atoms with Crippen LogP contribution in [-0.4, -0.2) is 20.3 Å². The summed E-state index contributed by atoms with van der Waals surface area (Å²) in [6, 6.07) is 18.9. The molecule has 0 aliphatic rings. The molecule has 2 nitrogen and oxygen atoms in total. The van der Waals surface area contributed by atoms with Crippen molar-refractivity contribution in [3.8, 4) is 5.75 Å². The van der Waals surface area contributed by atoms with Crippen LogP contribution in [0, 0.1) is 0 Å². The molecule has 2 rings (SSSR count). The Morgan fingerprint density at radius 3 is 2.00 bits per heavy atom. The summed E-state index contributed by atoms with van der Waals surface area (Å²) >= 11 is 0. The van der Waals surface area contributed by atoms with Gasteiger partial charge in [-0.15, -0.1) is 0 Å². The van der Waals surface area contributed by atoms with Crippen LogP contribution in [0.3, 0.4) is 0 Å². The van der Waals surface area contributed by atoms with Crippen LogP contribution in [0.25, 0.3) is 0 Å². The van der Waals surface area contributed by atoms with E-state index in [9.17, 15) is 0 Å². The van der Waals surface area contributed by atoms with Gasteiger partial charge in [-0.05, 0) is 23.3 Å². The fourth-order valence-corrected chi connectivity index (χ4v) is 2.23. The molecule has 2 heteroatoms. The van der Waals surface area contributed by atoms with Gasteiger partial charge in [-0.25, -0.2) is 0 Å². The molecule has 0 bridgehead atoms. The minimum atomic E-state index is -0.00762. The fourth-order valence-electron chi connectivity index (χ4n) is 2.23. The molecule has 0 aromatic heterocycles. The van der Waals surface area contributed by atoms with Crippen molar-refractivity contribution in [1.82, 2.24) is 0 Å². The van der Waals surface area contributed by atoms with Crippen molar-refractivity contribution < 1.29 is 9.47 Å². The standard InChI is InChI=1S/C18H22O2/c1-18(2,15-7-5-4-6-8-15)16-9-11-17(12-10-16)20-14-13-19-3/h4-12H,13-14H2,1-3H3. The molecule has 0 radical (unpaired) electrons. The van der Waals surface area contributed by atoms with Gasteiger partial charge in [-0.2, -0.15) is 0 Å². The summed E-state index contributed by atoms with van der Waals surface area (Å²) in [5, 5.41) is 0. The average Bonchev–Trinajstić information content (AvgIpc) is 2.49. The second-order valence-electron chi connectivity index (χ2n) is 5.36. The Morgan fingerprint density at radius 2 is 1.40 bits per heavy atom. The number of hydrogen-bond acceptors (Lipinski definition) is 2. The van der Waals surface area contributed by atoms with Crippen molar-refractivity contribution in [3.05, 3.63) is 65.7 Å². The highest BCUT2D eigenvalue weighted by molar-refractivity contribution is 5.39. The molecule has 0 spiro atoms. The Bertz CT molecular complexity index is 515. The molecule has 0 saturated carbocycles. The molecule has 0 heterocycles. The van der Waals surface area contributed by atoms with Gasteiger partial charge >= 0.3 is 0 Å². The van der Waals surface area contributed by atoms with E-state index in [0.29, 0.717) is 13.2 Å². The van der Waals surface area contributed by atoms with Crippen LogP contribution in [0.4, 0.5) is 0 Å². The molecule has 0 atom stereocenters. The number of rotatable bonds is 6. The average molecular weight is 270 g/mol. The van der Waals surface area contributed by atoms with Crippen molar-refractivity contribution in [3.63, 3.8) is 0 Å². The van der Waals surface area contributed by atoms with E-state index in [-0.39, 0.29) is 5.41 Å². The second kappa shape index (κ2) is 6.58. The Kier molecular flexibility index (Phi) is 4.80. The number of hydrogen-bond donors (Lipinski definition) is 0. The van der Waals surface area contributed by atoms with Gasteiger partial charge in [0, 0.05) is 12.5 Å². The van der Waals surface area contributed by atoms with E-state index in [1.807, 2.05) is 18.2 Å². The van der Waals surface area contributed by atoms with Crippen molar-refractivity contribution in [2.24, 2.45) is 0 Å². The van der Waals surface area contributed by atoms with Crippen LogP contribution < -0.4 is 4.74 Å². The predicted octanol–water partition coefficient (Wildman–Crippen LogP) is 4.04. The summed E-state index contributed by atoms with van der Waals surface area (Å²) in [5.41, 5.74) is 2.59. The predicted molar refractivity (Wildman–Crippen MR) is 82.4 cm³/mol. The van der Waals surface area contributed by atoms with Crippen LogP contribution >= 0.6 is 0 Å². The quantitative estimate of drug-likeness (QED) is 0.738. The van der Waals surface area contributed by atoms with Crippen LogP contribution in [0.15, 0.2) is 54.6 Å². The van der Waals surface area contributed by atoms with Crippen molar-refractivity contribution >= 4 is 0 Å². The number of benzene rings is 2. The molecule has 0 aliphatic carbocycles. The van der Waals surface area contributed by atoms with Gasteiger partial charge in [-0.3, -0.25) is 0 Å². The zero-order chi connectivity index (χ0) is 14.4. The summed E-state index contributed by atoms with van der Waals surface area (Å²) in [4.78, 5) is 0. The highest BCUT2D eigenvalue weighted by Crippen LogP contribution is 2.32. The molecule has 20 heavy (non-hydrogen) atoms. The van der Waals surface area contributed by atoms with Gasteiger partial charge in [0.2, 0.25) is 0 Å². The first kappa shape index (κ1) is 14.6. The molecular weight excluding hydrogens is 248 g/mol. The maximum atomic E-state index is 5.59. The van der Waals surface area contributed by atoms with Crippen LogP contribution in [-0.2, 0) is 10.2 Å². The second-order valence-corrected chi connectivity index (χ2v) is 5.36. The number of ether oxygens (including phenoxy) is 2. The Hall–Kier alpha value is -1.80. The van der Waals surface area contributed by atoms with Gasteiger partial charge in [0.1, 0.15) is 12.4 Å². The molecule has 0 unspecified atom stereocenters. The molecule has 0 saturated heterocycles. The van der Waals surface area contributed by atoms with Crippen LogP contribution in [0.1, 0.15) is 25.0 Å². The zero-order valence-electron chi connectivity index (χ0n) is 12.4. The molecule has 2 aromatic carbocycles. The van der Waals surface area contributed by atoms with Gasteiger partial charge in [0.05, 0.1) is 6.61 Å². The van der Waals surface area contributed by atoms with Crippen molar-refractivity contribution in [2.75, 3.05) is 20.3 Å². The lowest BCUT2D eigenvalue weighted by Gasteiger charge is -2.26. The molecule has 106 valence electrons. The minimum Gasteiger partial charge on any atom is -0.491 e. The molecule has 2 aromatic rings. The van der Waals surface area contributed by atoms with Gasteiger partial charge in [-0.1, -0.05) is 56.3 Å². The smallest absolute Gasteiger partial charge is 0.119 e. The lowest BCUT2D eigenvalue weighted by atomic mass is 9.78. The molecule has 0 amide bonds. The lowest BCUT2D eigenvalue weighted by Crippen LogP contribution is -2.18. The summed E-state index contributed by atoms with van der Waals surface area (Å²) in [7, 11) is 1.68. The maximum Gasteiger partial charge on any atom is 0.119 e. The third kappa shape index (κ3) is 3.40. The summed E-state index contributed by atoms with van der Waals surface area (Å²) < 4.78 is 10.6. The first-order chi connectivity index (χ1) is 9.64. The molecule has 0 fully saturated rings. The van der Waals surface area contributed by atoms with E-state index in [2.05, 4.69) is 50.2 Å². The first-order valence-electron chi connectivity index (χ1n) is 6.92. The first-order valence-corrected chi connectivity index (χ1v) is 6.92. The molecule has 0 aliphatic heterocycles. The van der Waals surface area contributed by atoms with Gasteiger partial charge < -0.3 is 9.47 Å². The zero-order valence-corrected chi connectivity index (χ0v) is 12.4. The summed E-state index contributed by atoms with van der Waals surface area (Å²) in [5.74, 6) is 0.884. The Labute approximate surface area is 121 Å². The minimum absolute atomic E-state index is 0.00762. The highest BCUT2D eigenvalue weighted by Gasteiger charge is 2.22. The van der Waals surface area contributed by atoms with Crippen LogP contribution in [0.2, 0.25) is 0 Å². The third-order valence-corrected chi connectivity index (χ3v) is 3.63. The normalized spacial score (nSPS) is 11.3. The van der Waals surface area contributed by atoms with Crippen molar-refractivity contribution in [1.29, 1.82) is 0 Å². The van der Waals surface area contributed by atoms with E-state index in [1.54, 1.807) is 7.11 Å². The SMILES string of the molecule is COCCOc1ccc(C(C)(C)c2ccccc2)cc1. The van der Waals surface area contributed by atoms with Gasteiger partial charge in [0.15, 0.2) is 0 Å². The van der Waals surface area contributed by atoms with Crippen LogP contribution in [0.5, 0.6) is 5.75 Å². The largest absolute Gasteiger partial charge is 0.491 e. The van der Waals surface area contributed by atoms with E-state index in [4.69, 9.17) is 9.47 Å². The monoisotopic (exact) mass is 270 g/mol. The third-order valence-electron chi connectivity index (χ3n) is 3.63. The fraction of sp³-hybridized carbons (Fsp3) is 0.333. The summed E-state index contributed by atoms with van der Waals surface area (Å²) in [6.45, 7) is 5.67. The lowest BCUT2D eigenvalue weighted by molar-refractivity contribution is 0.146. The van der Waals surface area contributed by atoms with Gasteiger partial charge in [0.25, 0.3) is 0 Å². The maximum absolute atomic E-state index is 5.59. The topological polar surface area (TPSA) is 18.5 Å². The number of methoxy groups -OCH3 is 1. The summed E-state index contributed by atoms with van der Waals surface area (Å²) in [6.07, 6.45) is 0. The molecular formula is C18H22O2.